The zero-order valence-corrected chi connectivity index (χ0v) is 21.2. The van der Waals surface area contributed by atoms with E-state index in [9.17, 15) is 18.4 Å². The molecule has 1 saturated heterocycles. The third kappa shape index (κ3) is 8.92. The van der Waals surface area contributed by atoms with Crippen LogP contribution in [0.5, 0.6) is 11.5 Å². The topological polar surface area (TPSA) is 74.4 Å². The zero-order valence-electron chi connectivity index (χ0n) is 21.2. The molecule has 0 spiro atoms. The molecule has 3 rings (SSSR count). The largest absolute Gasteiger partial charge is 0.490 e. The second kappa shape index (κ2) is 12.0. The van der Waals surface area contributed by atoms with E-state index < -0.39 is 6.61 Å². The Hall–Kier alpha value is -2.46. The summed E-state index contributed by atoms with van der Waals surface area (Å²) in [5.74, 6) is 0.347. The number of alkyl halides is 2. The lowest BCUT2D eigenvalue weighted by atomic mass is 10.1. The van der Waals surface area contributed by atoms with E-state index in [1.807, 2.05) is 25.7 Å². The number of piperazine rings is 1. The first-order valence-corrected chi connectivity index (χ1v) is 12.3. The Labute approximate surface area is 206 Å². The molecule has 1 aromatic carbocycles. The molecule has 2 fully saturated rings. The molecule has 35 heavy (non-hydrogen) atoms. The van der Waals surface area contributed by atoms with Crippen molar-refractivity contribution in [2.24, 2.45) is 0 Å². The molecule has 1 aliphatic carbocycles. The third-order valence-electron chi connectivity index (χ3n) is 5.92. The van der Waals surface area contributed by atoms with Gasteiger partial charge in [0.1, 0.15) is 0 Å². The highest BCUT2D eigenvalue weighted by atomic mass is 19.3. The summed E-state index contributed by atoms with van der Waals surface area (Å²) in [5, 5.41) is 2.97. The minimum Gasteiger partial charge on any atom is -0.490 e. The van der Waals surface area contributed by atoms with Gasteiger partial charge in [-0.05, 0) is 58.2 Å². The van der Waals surface area contributed by atoms with E-state index in [-0.39, 0.29) is 28.9 Å². The lowest BCUT2D eigenvalue weighted by Gasteiger charge is -2.36. The lowest BCUT2D eigenvalue weighted by Crippen LogP contribution is -2.54. The molecule has 0 radical (unpaired) electrons. The Morgan fingerprint density at radius 1 is 1.14 bits per heavy atom. The van der Waals surface area contributed by atoms with E-state index >= 15 is 0 Å². The fourth-order valence-electron chi connectivity index (χ4n) is 4.19. The van der Waals surface area contributed by atoms with E-state index in [1.54, 1.807) is 19.1 Å². The van der Waals surface area contributed by atoms with Crippen molar-refractivity contribution in [1.29, 1.82) is 0 Å². The second-order valence-electron chi connectivity index (χ2n) is 10.2. The summed E-state index contributed by atoms with van der Waals surface area (Å²) >= 11 is 0. The Kier molecular flexibility index (Phi) is 9.29. The van der Waals surface area contributed by atoms with Crippen molar-refractivity contribution in [1.82, 2.24) is 20.0 Å². The van der Waals surface area contributed by atoms with Crippen LogP contribution in [0.4, 0.5) is 8.78 Å². The number of hydrogen-bond donors (Lipinski definition) is 1. The summed E-state index contributed by atoms with van der Waals surface area (Å²) in [6.07, 6.45) is 2.07. The van der Waals surface area contributed by atoms with Crippen molar-refractivity contribution in [2.45, 2.75) is 65.3 Å². The molecule has 1 aliphatic heterocycles. The van der Waals surface area contributed by atoms with E-state index in [0.29, 0.717) is 58.5 Å². The Morgan fingerprint density at radius 2 is 1.83 bits per heavy atom. The third-order valence-corrected chi connectivity index (χ3v) is 5.92. The summed E-state index contributed by atoms with van der Waals surface area (Å²) in [7, 11) is 0. The summed E-state index contributed by atoms with van der Waals surface area (Å²) < 4.78 is 35.4. The molecule has 0 bridgehead atoms. The average Bonchev–Trinajstić information content (AvgIpc) is 3.59. The molecule has 1 N–H and O–H groups in total. The van der Waals surface area contributed by atoms with Crippen molar-refractivity contribution >= 4 is 11.8 Å². The number of halogens is 2. The van der Waals surface area contributed by atoms with E-state index in [2.05, 4.69) is 19.9 Å². The maximum Gasteiger partial charge on any atom is 0.387 e. The first-order chi connectivity index (χ1) is 16.5. The predicted molar refractivity (Wildman–Crippen MR) is 129 cm³/mol. The number of carbonyl (C=O) groups excluding carboxylic acids is 2. The molecule has 8 nitrogen and oxygen atoms in total. The number of carbonyl (C=O) groups is 2. The van der Waals surface area contributed by atoms with E-state index in [0.717, 1.165) is 18.4 Å². The van der Waals surface area contributed by atoms with E-state index in [1.165, 1.54) is 6.07 Å². The van der Waals surface area contributed by atoms with Gasteiger partial charge < -0.3 is 19.7 Å². The monoisotopic (exact) mass is 496 g/mol. The number of hydrogen-bond acceptors (Lipinski definition) is 6. The smallest absolute Gasteiger partial charge is 0.387 e. The quantitative estimate of drug-likeness (QED) is 0.508. The maximum atomic E-state index is 13.1. The number of amides is 2. The minimum absolute atomic E-state index is 0.00595. The molecule has 2 amide bonds. The fraction of sp³-hybridized carbons (Fsp3) is 0.680. The Bertz CT molecular complexity index is 866. The van der Waals surface area contributed by atoms with Crippen molar-refractivity contribution in [3.05, 3.63) is 23.8 Å². The van der Waals surface area contributed by atoms with Gasteiger partial charge >= 0.3 is 6.61 Å². The van der Waals surface area contributed by atoms with Crippen LogP contribution < -0.4 is 14.8 Å². The number of rotatable bonds is 11. The van der Waals surface area contributed by atoms with Crippen LogP contribution in [0.1, 0.15) is 46.1 Å². The normalized spacial score (nSPS) is 17.1. The van der Waals surface area contributed by atoms with Gasteiger partial charge in [0, 0.05) is 44.3 Å². The van der Waals surface area contributed by atoms with Gasteiger partial charge in [-0.25, -0.2) is 0 Å². The van der Waals surface area contributed by atoms with Crippen LogP contribution in [0.15, 0.2) is 18.2 Å². The molecule has 1 saturated carbocycles. The van der Waals surface area contributed by atoms with Gasteiger partial charge in [-0.1, -0.05) is 6.07 Å². The highest BCUT2D eigenvalue weighted by Gasteiger charge is 2.32. The van der Waals surface area contributed by atoms with Crippen molar-refractivity contribution in [2.75, 3.05) is 45.9 Å². The molecule has 0 aromatic heterocycles. The minimum atomic E-state index is -2.92. The Balaban J connectivity index is 1.53. The summed E-state index contributed by atoms with van der Waals surface area (Å²) in [6.45, 7) is 8.72. The first-order valence-electron chi connectivity index (χ1n) is 12.3. The van der Waals surface area contributed by atoms with Crippen molar-refractivity contribution < 1.29 is 27.8 Å². The molecule has 1 aromatic rings. The van der Waals surface area contributed by atoms with Gasteiger partial charge in [0.15, 0.2) is 11.5 Å². The van der Waals surface area contributed by atoms with Crippen LogP contribution in [0.3, 0.4) is 0 Å². The van der Waals surface area contributed by atoms with Gasteiger partial charge in [-0.2, -0.15) is 8.78 Å². The first kappa shape index (κ1) is 27.1. The van der Waals surface area contributed by atoms with Gasteiger partial charge in [0.25, 0.3) is 0 Å². The highest BCUT2D eigenvalue weighted by molar-refractivity contribution is 5.79. The lowest BCUT2D eigenvalue weighted by molar-refractivity contribution is -0.134. The summed E-state index contributed by atoms with van der Waals surface area (Å²) in [6, 6.07) is 5.28. The molecule has 0 atom stereocenters. The Morgan fingerprint density at radius 3 is 2.40 bits per heavy atom. The molecule has 1 heterocycles. The second-order valence-corrected chi connectivity index (χ2v) is 10.2. The molecular weight excluding hydrogens is 458 g/mol. The van der Waals surface area contributed by atoms with Crippen molar-refractivity contribution in [3.63, 3.8) is 0 Å². The van der Waals surface area contributed by atoms with Gasteiger partial charge in [-0.3, -0.25) is 19.4 Å². The number of nitrogens with zero attached hydrogens (tertiary/aromatic N) is 3. The molecule has 196 valence electrons. The number of benzene rings is 1. The molecule has 2 aliphatic rings. The molecule has 0 unspecified atom stereocenters. The zero-order chi connectivity index (χ0) is 25.6. The predicted octanol–water partition coefficient (Wildman–Crippen LogP) is 2.71. The van der Waals surface area contributed by atoms with Gasteiger partial charge in [0.2, 0.25) is 11.8 Å². The summed E-state index contributed by atoms with van der Waals surface area (Å²) in [4.78, 5) is 31.3. The molecular formula is C25H38F2N4O4. The SMILES string of the molecule is CCOc1cc(CN(CC(=O)N2CCN(CC(=O)NC(C)(C)C)CC2)C2CC2)ccc1OC(F)F. The molecule has 10 heteroatoms. The van der Waals surface area contributed by atoms with Crippen molar-refractivity contribution in [3.8, 4) is 11.5 Å². The van der Waals surface area contributed by atoms with E-state index in [4.69, 9.17) is 4.74 Å². The standard InChI is InChI=1S/C25H38F2N4O4/c1-5-34-21-14-18(6-9-20(21)35-24(26)27)15-31(19-7-8-19)17-23(33)30-12-10-29(11-13-30)16-22(32)28-25(2,3)4/h6,9,14,19,24H,5,7-8,10-13,15-17H2,1-4H3,(H,28,32). The summed E-state index contributed by atoms with van der Waals surface area (Å²) in [5.41, 5.74) is 0.616. The fourth-order valence-corrected chi connectivity index (χ4v) is 4.19. The highest BCUT2D eigenvalue weighted by Crippen LogP contribution is 2.33. The average molecular weight is 497 g/mol. The van der Waals surface area contributed by atoms with Crippen LogP contribution in [0.2, 0.25) is 0 Å². The number of nitrogens with one attached hydrogen (secondary N) is 1. The maximum absolute atomic E-state index is 13.1. The van der Waals surface area contributed by atoms with Crippen LogP contribution >= 0.6 is 0 Å². The number of ether oxygens (including phenoxy) is 2. The van der Waals surface area contributed by atoms with Crippen LogP contribution in [0, 0.1) is 0 Å². The van der Waals surface area contributed by atoms with Crippen LogP contribution in [-0.4, -0.2) is 90.6 Å². The van der Waals surface area contributed by atoms with Crippen LogP contribution in [-0.2, 0) is 16.1 Å². The van der Waals surface area contributed by atoms with Gasteiger partial charge in [0.05, 0.1) is 19.7 Å². The van der Waals surface area contributed by atoms with Crippen LogP contribution in [0.25, 0.3) is 0 Å². The van der Waals surface area contributed by atoms with Gasteiger partial charge in [-0.15, -0.1) is 0 Å².